The van der Waals surface area contributed by atoms with Crippen molar-refractivity contribution in [2.75, 3.05) is 38.3 Å². The monoisotopic (exact) mass is 392 g/mol. The molecule has 1 atom stereocenters. The zero-order chi connectivity index (χ0) is 20.3. The summed E-state index contributed by atoms with van der Waals surface area (Å²) in [5, 5.41) is 0. The van der Waals surface area contributed by atoms with E-state index in [4.69, 9.17) is 4.74 Å². The molecule has 2 amide bonds. The van der Waals surface area contributed by atoms with Gasteiger partial charge in [0.2, 0.25) is 11.8 Å². The molecule has 5 heteroatoms. The predicted octanol–water partition coefficient (Wildman–Crippen LogP) is 3.17. The van der Waals surface area contributed by atoms with Gasteiger partial charge in [-0.15, -0.1) is 0 Å². The average Bonchev–Trinajstić information content (AvgIpc) is 2.96. The van der Waals surface area contributed by atoms with E-state index in [1.807, 2.05) is 54.4 Å². The number of anilines is 1. The second-order valence-corrected chi connectivity index (χ2v) is 7.97. The molecule has 0 N–H and O–H groups in total. The maximum absolute atomic E-state index is 13.5. The van der Waals surface area contributed by atoms with Crippen LogP contribution in [0.2, 0.25) is 0 Å². The lowest BCUT2D eigenvalue weighted by atomic mass is 9.73. The number of fused-ring (bicyclic) bond motifs is 1. The van der Waals surface area contributed by atoms with Gasteiger partial charge in [0, 0.05) is 38.9 Å². The van der Waals surface area contributed by atoms with Gasteiger partial charge in [0.05, 0.1) is 12.0 Å². The van der Waals surface area contributed by atoms with Gasteiger partial charge in [0.1, 0.15) is 0 Å². The molecule has 29 heavy (non-hydrogen) atoms. The van der Waals surface area contributed by atoms with Crippen molar-refractivity contribution in [3.8, 4) is 0 Å². The Bertz CT molecular complexity index is 875. The lowest BCUT2D eigenvalue weighted by Gasteiger charge is -2.30. The molecule has 2 aliphatic heterocycles. The zero-order valence-corrected chi connectivity index (χ0v) is 17.0. The summed E-state index contributed by atoms with van der Waals surface area (Å²) in [4.78, 5) is 30.1. The minimum Gasteiger partial charge on any atom is -0.380 e. The Kier molecular flexibility index (Phi) is 5.67. The third-order valence-electron chi connectivity index (χ3n) is 6.18. The van der Waals surface area contributed by atoms with Crippen molar-refractivity contribution < 1.29 is 14.3 Å². The number of carbonyl (C=O) groups excluding carboxylic acids is 2. The highest BCUT2D eigenvalue weighted by molar-refractivity contribution is 6.08. The van der Waals surface area contributed by atoms with Gasteiger partial charge < -0.3 is 14.5 Å². The van der Waals surface area contributed by atoms with E-state index in [-0.39, 0.29) is 11.8 Å². The minimum absolute atomic E-state index is 0.0783. The summed E-state index contributed by atoms with van der Waals surface area (Å²) >= 11 is 0. The maximum Gasteiger partial charge on any atom is 0.237 e. The molecule has 0 aliphatic carbocycles. The minimum atomic E-state index is -0.704. The van der Waals surface area contributed by atoms with E-state index in [1.165, 1.54) is 0 Å². The van der Waals surface area contributed by atoms with Crippen LogP contribution in [0.25, 0.3) is 0 Å². The highest BCUT2D eigenvalue weighted by Gasteiger charge is 2.49. The largest absolute Gasteiger partial charge is 0.380 e. The Morgan fingerprint density at radius 2 is 1.79 bits per heavy atom. The molecule has 0 radical (unpaired) electrons. The molecule has 2 heterocycles. The average molecular weight is 392 g/mol. The van der Waals surface area contributed by atoms with E-state index in [1.54, 1.807) is 4.90 Å². The Morgan fingerprint density at radius 3 is 2.62 bits per heavy atom. The Morgan fingerprint density at radius 1 is 1.03 bits per heavy atom. The van der Waals surface area contributed by atoms with Crippen LogP contribution in [0.15, 0.2) is 54.6 Å². The van der Waals surface area contributed by atoms with Gasteiger partial charge in [-0.1, -0.05) is 48.5 Å². The zero-order valence-electron chi connectivity index (χ0n) is 17.0. The number of carbonyl (C=O) groups is 2. The summed E-state index contributed by atoms with van der Waals surface area (Å²) < 4.78 is 5.47. The number of benzene rings is 2. The van der Waals surface area contributed by atoms with Gasteiger partial charge in [-0.05, 0) is 36.5 Å². The van der Waals surface area contributed by atoms with Gasteiger partial charge in [-0.2, -0.15) is 0 Å². The normalized spacial score (nSPS) is 21.8. The van der Waals surface area contributed by atoms with Crippen LogP contribution in [0.3, 0.4) is 0 Å². The number of ether oxygens (including phenoxy) is 1. The van der Waals surface area contributed by atoms with Crippen LogP contribution in [0, 0.1) is 0 Å². The quantitative estimate of drug-likeness (QED) is 0.785. The molecule has 2 aliphatic rings. The lowest BCUT2D eigenvalue weighted by molar-refractivity contribution is -0.132. The third kappa shape index (κ3) is 3.79. The second kappa shape index (κ2) is 8.37. The number of nitrogens with zero attached hydrogens (tertiary/aromatic N) is 2. The number of hydrogen-bond acceptors (Lipinski definition) is 3. The molecule has 152 valence electrons. The van der Waals surface area contributed by atoms with E-state index in [9.17, 15) is 9.59 Å². The van der Waals surface area contributed by atoms with Crippen molar-refractivity contribution in [1.82, 2.24) is 4.90 Å². The number of para-hydroxylation sites is 1. The molecule has 1 fully saturated rings. The van der Waals surface area contributed by atoms with Gasteiger partial charge >= 0.3 is 0 Å². The molecule has 1 saturated heterocycles. The van der Waals surface area contributed by atoms with Crippen molar-refractivity contribution in [2.45, 2.75) is 31.1 Å². The highest BCUT2D eigenvalue weighted by atomic mass is 16.5. The van der Waals surface area contributed by atoms with Gasteiger partial charge in [0.25, 0.3) is 0 Å². The van der Waals surface area contributed by atoms with Crippen LogP contribution in [0.1, 0.15) is 30.4 Å². The summed E-state index contributed by atoms with van der Waals surface area (Å²) in [6, 6.07) is 18.1. The van der Waals surface area contributed by atoms with Crippen molar-refractivity contribution in [1.29, 1.82) is 0 Å². The van der Waals surface area contributed by atoms with Crippen LogP contribution < -0.4 is 4.90 Å². The third-order valence-corrected chi connectivity index (χ3v) is 6.18. The van der Waals surface area contributed by atoms with Crippen LogP contribution in [-0.2, 0) is 26.2 Å². The highest BCUT2D eigenvalue weighted by Crippen LogP contribution is 2.46. The summed E-state index contributed by atoms with van der Waals surface area (Å²) in [6.07, 6.45) is 2.34. The molecular weight excluding hydrogens is 364 g/mol. The fraction of sp³-hybridized carbons (Fsp3) is 0.417. The van der Waals surface area contributed by atoms with Crippen molar-refractivity contribution >= 4 is 17.5 Å². The summed E-state index contributed by atoms with van der Waals surface area (Å²) in [5.74, 6) is 0.192. The molecule has 0 spiro atoms. The number of rotatable bonds is 5. The molecule has 0 aromatic heterocycles. The first kappa shape index (κ1) is 19.6. The summed E-state index contributed by atoms with van der Waals surface area (Å²) in [6.45, 7) is 2.66. The molecule has 5 nitrogen and oxygen atoms in total. The Labute approximate surface area is 172 Å². The smallest absolute Gasteiger partial charge is 0.237 e. The van der Waals surface area contributed by atoms with E-state index in [0.717, 1.165) is 29.8 Å². The van der Waals surface area contributed by atoms with Gasteiger partial charge in [-0.3, -0.25) is 9.59 Å². The van der Waals surface area contributed by atoms with Crippen molar-refractivity contribution in [3.63, 3.8) is 0 Å². The van der Waals surface area contributed by atoms with E-state index < -0.39 is 5.41 Å². The van der Waals surface area contributed by atoms with Gasteiger partial charge in [-0.25, -0.2) is 0 Å². The van der Waals surface area contributed by atoms with Crippen LogP contribution in [0.4, 0.5) is 5.69 Å². The predicted molar refractivity (Wildman–Crippen MR) is 113 cm³/mol. The molecule has 2 aromatic carbocycles. The second-order valence-electron chi connectivity index (χ2n) is 7.97. The van der Waals surface area contributed by atoms with Crippen LogP contribution >= 0.6 is 0 Å². The first-order valence-corrected chi connectivity index (χ1v) is 10.4. The Balaban J connectivity index is 1.63. The van der Waals surface area contributed by atoms with Crippen LogP contribution in [0.5, 0.6) is 0 Å². The lowest BCUT2D eigenvalue weighted by Crippen LogP contribution is -2.42. The molecule has 2 aromatic rings. The molecule has 0 bridgehead atoms. The topological polar surface area (TPSA) is 49.9 Å². The SMILES string of the molecule is CN1C(=O)C(CCC(=O)N2CCCOCC2)(Cc2ccccc2)c2ccccc21. The fourth-order valence-electron chi connectivity index (χ4n) is 4.64. The van der Waals surface area contributed by atoms with Crippen LogP contribution in [-0.4, -0.2) is 50.1 Å². The van der Waals surface area contributed by atoms with E-state index >= 15 is 0 Å². The van der Waals surface area contributed by atoms with Gasteiger partial charge in [0.15, 0.2) is 0 Å². The first-order chi connectivity index (χ1) is 14.1. The first-order valence-electron chi connectivity index (χ1n) is 10.4. The van der Waals surface area contributed by atoms with E-state index in [2.05, 4.69) is 12.1 Å². The number of hydrogen-bond donors (Lipinski definition) is 0. The maximum atomic E-state index is 13.5. The standard InChI is InChI=1S/C24H28N2O3/c1-25-21-11-6-5-10-20(21)24(23(25)28,18-19-8-3-2-4-9-19)13-12-22(27)26-14-7-16-29-17-15-26/h2-6,8-11H,7,12-18H2,1H3. The van der Waals surface area contributed by atoms with Crippen molar-refractivity contribution in [2.24, 2.45) is 0 Å². The fourth-order valence-corrected chi connectivity index (χ4v) is 4.64. The van der Waals surface area contributed by atoms with Crippen molar-refractivity contribution in [3.05, 3.63) is 65.7 Å². The summed E-state index contributed by atoms with van der Waals surface area (Å²) in [7, 11) is 1.84. The molecular formula is C24H28N2O3. The summed E-state index contributed by atoms with van der Waals surface area (Å²) in [5.41, 5.74) is 2.39. The molecule has 1 unspecified atom stereocenters. The molecule has 0 saturated carbocycles. The number of amides is 2. The molecule has 4 rings (SSSR count). The Hall–Kier alpha value is -2.66. The number of likely N-dealkylation sites (N-methyl/N-ethyl adjacent to an activating group) is 1. The van der Waals surface area contributed by atoms with E-state index in [0.29, 0.717) is 39.0 Å².